The molecule has 23 heavy (non-hydrogen) atoms. The molecule has 2 amide bonds. The van der Waals surface area contributed by atoms with Gasteiger partial charge in [0.1, 0.15) is 0 Å². The molecule has 0 radical (unpaired) electrons. The van der Waals surface area contributed by atoms with Crippen LogP contribution in [0.2, 0.25) is 5.02 Å². The number of benzene rings is 1. The van der Waals surface area contributed by atoms with E-state index in [0.29, 0.717) is 10.7 Å². The Morgan fingerprint density at radius 1 is 1.09 bits per heavy atom. The minimum atomic E-state index is -0.536. The highest BCUT2D eigenvalue weighted by Gasteiger charge is 2.28. The summed E-state index contributed by atoms with van der Waals surface area (Å²) >= 11 is 5.84. The average Bonchev–Trinajstić information content (AvgIpc) is 2.91. The first-order valence-corrected chi connectivity index (χ1v) is 7.30. The van der Waals surface area contributed by atoms with Gasteiger partial charge in [0.15, 0.2) is 17.3 Å². The zero-order chi connectivity index (χ0) is 17.1. The van der Waals surface area contributed by atoms with Crippen LogP contribution in [-0.2, 0) is 9.59 Å². The Morgan fingerprint density at radius 3 is 2.13 bits per heavy atom. The lowest BCUT2D eigenvalue weighted by molar-refractivity contribution is -0.124. The smallest absolute Gasteiger partial charge is 0.231 e. The Balaban J connectivity index is 2.60. The molecule has 1 heterocycles. The molecule has 7 nitrogen and oxygen atoms in total. The molecular formula is C15H15ClN4O3. The molecule has 2 rings (SSSR count). The summed E-state index contributed by atoms with van der Waals surface area (Å²) in [7, 11) is 0. The van der Waals surface area contributed by atoms with Crippen LogP contribution in [0.15, 0.2) is 24.3 Å². The largest absolute Gasteiger partial charge is 0.292 e. The summed E-state index contributed by atoms with van der Waals surface area (Å²) in [6.07, 6.45) is 0.177. The summed E-state index contributed by atoms with van der Waals surface area (Å²) in [4.78, 5) is 37.6. The van der Waals surface area contributed by atoms with Gasteiger partial charge in [-0.05, 0) is 24.3 Å². The van der Waals surface area contributed by atoms with Gasteiger partial charge in [0.05, 0.1) is 5.69 Å². The fourth-order valence-electron chi connectivity index (χ4n) is 2.01. The summed E-state index contributed by atoms with van der Waals surface area (Å²) < 4.78 is 0. The first kappa shape index (κ1) is 16.8. The van der Waals surface area contributed by atoms with Crippen LogP contribution >= 0.6 is 11.6 Å². The zero-order valence-corrected chi connectivity index (χ0v) is 13.7. The van der Waals surface area contributed by atoms with Crippen molar-refractivity contribution in [2.24, 2.45) is 0 Å². The van der Waals surface area contributed by atoms with Gasteiger partial charge in [0.2, 0.25) is 11.8 Å². The van der Waals surface area contributed by atoms with Gasteiger partial charge >= 0.3 is 0 Å². The second-order valence-electron chi connectivity index (χ2n) is 4.79. The van der Waals surface area contributed by atoms with Gasteiger partial charge in [-0.25, -0.2) is 4.90 Å². The molecule has 0 N–H and O–H groups in total. The molecule has 2 aromatic rings. The Morgan fingerprint density at radius 2 is 1.65 bits per heavy atom. The normalized spacial score (nSPS) is 10.4. The Labute approximate surface area is 137 Å². The van der Waals surface area contributed by atoms with Gasteiger partial charge in [-0.15, -0.1) is 15.0 Å². The van der Waals surface area contributed by atoms with Gasteiger partial charge in [-0.1, -0.05) is 18.5 Å². The van der Waals surface area contributed by atoms with Crippen LogP contribution in [-0.4, -0.2) is 32.6 Å². The molecule has 0 fully saturated rings. The number of Topliss-reactive ketones (excluding diaryl/α,β-unsaturated/α-hetero) is 1. The van der Waals surface area contributed by atoms with E-state index in [2.05, 4.69) is 10.2 Å². The van der Waals surface area contributed by atoms with Crippen LogP contribution in [0.4, 0.5) is 5.82 Å². The van der Waals surface area contributed by atoms with Gasteiger partial charge in [-0.2, -0.15) is 0 Å². The molecule has 1 aromatic heterocycles. The van der Waals surface area contributed by atoms with E-state index in [1.807, 2.05) is 0 Å². The van der Waals surface area contributed by atoms with E-state index >= 15 is 0 Å². The topological polar surface area (TPSA) is 85.2 Å². The number of hydrogen-bond acceptors (Lipinski definition) is 5. The molecule has 1 aromatic carbocycles. The van der Waals surface area contributed by atoms with Crippen LogP contribution in [0.3, 0.4) is 0 Å². The van der Waals surface area contributed by atoms with Gasteiger partial charge < -0.3 is 0 Å². The lowest BCUT2D eigenvalue weighted by Crippen LogP contribution is -2.34. The monoisotopic (exact) mass is 334 g/mol. The third-order valence-electron chi connectivity index (χ3n) is 3.08. The molecule has 120 valence electrons. The minimum absolute atomic E-state index is 0.0205. The molecule has 0 atom stereocenters. The molecule has 0 aliphatic rings. The highest BCUT2D eigenvalue weighted by Crippen LogP contribution is 2.21. The van der Waals surface area contributed by atoms with Crippen LogP contribution in [0.5, 0.6) is 0 Å². The molecule has 0 spiro atoms. The fraction of sp³-hybridized carbons (Fsp3) is 0.267. The lowest BCUT2D eigenvalue weighted by atomic mass is 10.2. The Hall–Kier alpha value is -2.54. The standard InChI is InChI=1S/C15H15ClN4O3/c1-4-13(23)14-15(19(9(2)21)10(3)22)18-20(17-14)12-7-5-11(16)6-8-12/h5-8H,4H2,1-3H3. The maximum absolute atomic E-state index is 12.1. The van der Waals surface area contributed by atoms with Gasteiger partial charge in [0.25, 0.3) is 0 Å². The number of rotatable bonds is 4. The second-order valence-corrected chi connectivity index (χ2v) is 5.22. The SMILES string of the molecule is CCC(=O)c1nn(-c2ccc(Cl)cc2)nc1N(C(C)=O)C(C)=O. The summed E-state index contributed by atoms with van der Waals surface area (Å²) in [5.41, 5.74) is 0.533. The van der Waals surface area contributed by atoms with Crippen molar-refractivity contribution in [3.8, 4) is 5.69 Å². The van der Waals surface area contributed by atoms with E-state index in [4.69, 9.17) is 11.6 Å². The number of amides is 2. The van der Waals surface area contributed by atoms with E-state index in [1.54, 1.807) is 31.2 Å². The van der Waals surface area contributed by atoms with Crippen LogP contribution in [0.1, 0.15) is 37.7 Å². The lowest BCUT2D eigenvalue weighted by Gasteiger charge is -2.14. The zero-order valence-electron chi connectivity index (χ0n) is 12.9. The number of carbonyl (C=O) groups excluding carboxylic acids is 3. The number of imide groups is 1. The Kier molecular flexibility index (Phi) is 4.90. The molecule has 0 saturated heterocycles. The number of hydrogen-bond donors (Lipinski definition) is 0. The molecular weight excluding hydrogens is 320 g/mol. The van der Waals surface area contributed by atoms with E-state index in [-0.39, 0.29) is 23.7 Å². The van der Waals surface area contributed by atoms with E-state index in [1.165, 1.54) is 18.6 Å². The van der Waals surface area contributed by atoms with Gasteiger partial charge in [-0.3, -0.25) is 14.4 Å². The van der Waals surface area contributed by atoms with Crippen molar-refractivity contribution in [3.63, 3.8) is 0 Å². The number of nitrogens with zero attached hydrogens (tertiary/aromatic N) is 4. The molecule has 0 saturated carbocycles. The van der Waals surface area contributed by atoms with Crippen LogP contribution in [0, 0.1) is 0 Å². The van der Waals surface area contributed by atoms with Crippen molar-refractivity contribution < 1.29 is 14.4 Å². The summed E-state index contributed by atoms with van der Waals surface area (Å²) in [5, 5.41) is 8.82. The molecule has 0 aliphatic heterocycles. The van der Waals surface area contributed by atoms with Crippen molar-refractivity contribution >= 4 is 35.0 Å². The van der Waals surface area contributed by atoms with Crippen molar-refractivity contribution in [1.29, 1.82) is 0 Å². The van der Waals surface area contributed by atoms with Crippen LogP contribution in [0.25, 0.3) is 5.69 Å². The number of ketones is 1. The first-order chi connectivity index (χ1) is 10.8. The maximum atomic E-state index is 12.1. The number of halogens is 1. The minimum Gasteiger partial charge on any atom is -0.292 e. The molecule has 0 bridgehead atoms. The summed E-state index contributed by atoms with van der Waals surface area (Å²) in [6.45, 7) is 4.12. The third kappa shape index (κ3) is 3.45. The highest BCUT2D eigenvalue weighted by atomic mass is 35.5. The summed E-state index contributed by atoms with van der Waals surface area (Å²) in [5.74, 6) is -1.45. The summed E-state index contributed by atoms with van der Waals surface area (Å²) in [6, 6.07) is 6.63. The maximum Gasteiger partial charge on any atom is 0.231 e. The Bertz CT molecular complexity index is 754. The van der Waals surface area contributed by atoms with E-state index < -0.39 is 11.8 Å². The van der Waals surface area contributed by atoms with E-state index in [9.17, 15) is 14.4 Å². The van der Waals surface area contributed by atoms with E-state index in [0.717, 1.165) is 4.90 Å². The number of carbonyl (C=O) groups is 3. The molecule has 0 aliphatic carbocycles. The van der Waals surface area contributed by atoms with Crippen molar-refractivity contribution in [3.05, 3.63) is 35.0 Å². The van der Waals surface area contributed by atoms with Crippen LogP contribution < -0.4 is 4.90 Å². The van der Waals surface area contributed by atoms with Crippen molar-refractivity contribution in [2.75, 3.05) is 4.90 Å². The van der Waals surface area contributed by atoms with Crippen molar-refractivity contribution in [2.45, 2.75) is 27.2 Å². The quantitative estimate of drug-likeness (QED) is 0.801. The predicted octanol–water partition coefficient (Wildman–Crippen LogP) is 2.41. The average molecular weight is 335 g/mol. The third-order valence-corrected chi connectivity index (χ3v) is 3.33. The second kappa shape index (κ2) is 6.70. The number of aromatic nitrogens is 3. The fourth-order valence-corrected chi connectivity index (χ4v) is 2.13. The molecule has 8 heteroatoms. The van der Waals surface area contributed by atoms with Gasteiger partial charge in [0, 0.05) is 25.3 Å². The predicted molar refractivity (Wildman–Crippen MR) is 84.8 cm³/mol. The number of anilines is 1. The molecule has 0 unspecified atom stereocenters. The highest BCUT2D eigenvalue weighted by molar-refractivity contribution is 6.30. The first-order valence-electron chi connectivity index (χ1n) is 6.93. The van der Waals surface area contributed by atoms with Crippen molar-refractivity contribution in [1.82, 2.24) is 15.0 Å².